The first-order chi connectivity index (χ1) is 8.65. The zero-order valence-electron chi connectivity index (χ0n) is 9.71. The highest BCUT2D eigenvalue weighted by Crippen LogP contribution is 2.24. The molecule has 6 heteroatoms. The summed E-state index contributed by atoms with van der Waals surface area (Å²) in [7, 11) is 0. The molecule has 1 atom stereocenters. The monoisotopic (exact) mass is 396 g/mol. The Morgan fingerprint density at radius 1 is 1.61 bits per heavy atom. The van der Waals surface area contributed by atoms with E-state index in [2.05, 4.69) is 33.2 Å². The van der Waals surface area contributed by atoms with Crippen LogP contribution in [0.4, 0.5) is 5.69 Å². The van der Waals surface area contributed by atoms with Gasteiger partial charge in [-0.1, -0.05) is 11.6 Å². The van der Waals surface area contributed by atoms with E-state index in [0.29, 0.717) is 17.1 Å². The van der Waals surface area contributed by atoms with Crippen molar-refractivity contribution in [1.29, 1.82) is 0 Å². The molecule has 1 unspecified atom stereocenters. The van der Waals surface area contributed by atoms with Gasteiger partial charge in [0.1, 0.15) is 0 Å². The van der Waals surface area contributed by atoms with E-state index in [9.17, 15) is 4.79 Å². The largest absolute Gasteiger partial charge is 0.325 e. The van der Waals surface area contributed by atoms with Gasteiger partial charge >= 0.3 is 0 Å². The Labute approximate surface area is 130 Å². The highest BCUT2D eigenvalue weighted by atomic mass is 127. The summed E-state index contributed by atoms with van der Waals surface area (Å²) >= 11 is 10.1. The number of thioether (sulfide) groups is 1. The summed E-state index contributed by atoms with van der Waals surface area (Å²) in [6.07, 6.45) is 0.495. The lowest BCUT2D eigenvalue weighted by Crippen LogP contribution is -2.39. The molecule has 2 rings (SSSR count). The predicted octanol–water partition coefficient (Wildman–Crippen LogP) is 2.98. The molecule has 1 heterocycles. The average molecular weight is 397 g/mol. The SMILES string of the molecule is O=C(CC1CSCCN1)Nc1cc(I)ccc1Cl. The number of hydrogen-bond donors (Lipinski definition) is 2. The lowest BCUT2D eigenvalue weighted by Gasteiger charge is -2.22. The van der Waals surface area contributed by atoms with Crippen LogP contribution in [0.1, 0.15) is 6.42 Å². The standard InChI is InChI=1S/C12H14ClIN2OS/c13-10-2-1-8(14)5-11(10)16-12(17)6-9-7-18-4-3-15-9/h1-2,5,9,15H,3-4,6-7H2,(H,16,17). The van der Waals surface area contributed by atoms with Crippen molar-refractivity contribution in [2.75, 3.05) is 23.4 Å². The van der Waals surface area contributed by atoms with E-state index in [-0.39, 0.29) is 11.9 Å². The molecule has 0 aromatic heterocycles. The van der Waals surface area contributed by atoms with Crippen LogP contribution in [-0.4, -0.2) is 30.0 Å². The highest BCUT2D eigenvalue weighted by molar-refractivity contribution is 14.1. The summed E-state index contributed by atoms with van der Waals surface area (Å²) in [6, 6.07) is 5.86. The Bertz CT molecular complexity index is 438. The molecule has 98 valence electrons. The summed E-state index contributed by atoms with van der Waals surface area (Å²) in [5.41, 5.74) is 0.692. The van der Waals surface area contributed by atoms with Crippen LogP contribution in [0.3, 0.4) is 0 Å². The van der Waals surface area contributed by atoms with Crippen molar-refractivity contribution in [2.45, 2.75) is 12.5 Å². The second-order valence-electron chi connectivity index (χ2n) is 4.10. The fourth-order valence-electron chi connectivity index (χ4n) is 1.77. The minimum atomic E-state index is 0.0129. The van der Waals surface area contributed by atoms with Gasteiger partial charge in [-0.15, -0.1) is 0 Å². The molecule has 1 aromatic rings. The molecule has 0 saturated carbocycles. The number of anilines is 1. The molecular formula is C12H14ClIN2OS. The third kappa shape index (κ3) is 4.29. The minimum Gasteiger partial charge on any atom is -0.325 e. The van der Waals surface area contributed by atoms with E-state index >= 15 is 0 Å². The maximum atomic E-state index is 11.9. The Morgan fingerprint density at radius 2 is 2.44 bits per heavy atom. The number of benzene rings is 1. The minimum absolute atomic E-state index is 0.0129. The van der Waals surface area contributed by atoms with Crippen LogP contribution in [0.5, 0.6) is 0 Å². The molecule has 3 nitrogen and oxygen atoms in total. The normalized spacial score (nSPS) is 19.6. The maximum absolute atomic E-state index is 11.9. The van der Waals surface area contributed by atoms with E-state index in [1.165, 1.54) is 0 Å². The molecule has 0 aliphatic carbocycles. The molecule has 0 spiro atoms. The highest BCUT2D eigenvalue weighted by Gasteiger charge is 2.17. The number of halogens is 2. The van der Waals surface area contributed by atoms with E-state index < -0.39 is 0 Å². The van der Waals surface area contributed by atoms with E-state index in [1.807, 2.05) is 23.9 Å². The molecule has 0 bridgehead atoms. The van der Waals surface area contributed by atoms with Gasteiger partial charge in [0.15, 0.2) is 0 Å². The fourth-order valence-corrected chi connectivity index (χ4v) is 3.37. The molecule has 1 aromatic carbocycles. The zero-order valence-corrected chi connectivity index (χ0v) is 13.4. The van der Waals surface area contributed by atoms with Crippen molar-refractivity contribution in [3.63, 3.8) is 0 Å². The molecule has 1 fully saturated rings. The second-order valence-corrected chi connectivity index (χ2v) is 6.91. The van der Waals surface area contributed by atoms with Crippen molar-refractivity contribution in [2.24, 2.45) is 0 Å². The van der Waals surface area contributed by atoms with Crippen LogP contribution in [0.2, 0.25) is 5.02 Å². The van der Waals surface area contributed by atoms with Crippen LogP contribution < -0.4 is 10.6 Å². The lowest BCUT2D eigenvalue weighted by molar-refractivity contribution is -0.116. The van der Waals surface area contributed by atoms with Gasteiger partial charge in [-0.3, -0.25) is 4.79 Å². The van der Waals surface area contributed by atoms with Gasteiger partial charge < -0.3 is 10.6 Å². The molecule has 1 aliphatic rings. The molecule has 1 amide bonds. The quantitative estimate of drug-likeness (QED) is 0.772. The Hall–Kier alpha value is 0.0200. The smallest absolute Gasteiger partial charge is 0.226 e. The third-order valence-electron chi connectivity index (χ3n) is 2.63. The Kier molecular flexibility index (Phi) is 5.59. The van der Waals surface area contributed by atoms with Crippen molar-refractivity contribution < 1.29 is 4.79 Å². The number of amides is 1. The van der Waals surface area contributed by atoms with E-state index in [4.69, 9.17) is 11.6 Å². The summed E-state index contributed by atoms with van der Waals surface area (Å²) in [6.45, 7) is 0.979. The van der Waals surface area contributed by atoms with Gasteiger partial charge in [0.05, 0.1) is 10.7 Å². The van der Waals surface area contributed by atoms with Crippen LogP contribution in [0.25, 0.3) is 0 Å². The molecule has 2 N–H and O–H groups in total. The Morgan fingerprint density at radius 3 is 3.17 bits per heavy atom. The van der Waals surface area contributed by atoms with Gasteiger partial charge in [0.25, 0.3) is 0 Å². The van der Waals surface area contributed by atoms with Gasteiger partial charge in [0.2, 0.25) is 5.91 Å². The molecule has 1 saturated heterocycles. The summed E-state index contributed by atoms with van der Waals surface area (Å²) < 4.78 is 1.05. The first-order valence-electron chi connectivity index (χ1n) is 5.71. The van der Waals surface area contributed by atoms with Crippen molar-refractivity contribution in [3.05, 3.63) is 26.8 Å². The number of carbonyl (C=O) groups excluding carboxylic acids is 1. The first kappa shape index (κ1) is 14.4. The summed E-state index contributed by atoms with van der Waals surface area (Å²) in [5.74, 6) is 2.13. The van der Waals surface area contributed by atoms with Gasteiger partial charge in [-0.05, 0) is 40.8 Å². The molecule has 1 aliphatic heterocycles. The third-order valence-corrected chi connectivity index (χ3v) is 4.76. The van der Waals surface area contributed by atoms with Crippen LogP contribution in [0, 0.1) is 3.57 Å². The topological polar surface area (TPSA) is 41.1 Å². The van der Waals surface area contributed by atoms with Crippen molar-refractivity contribution >= 4 is 57.5 Å². The zero-order chi connectivity index (χ0) is 13.0. The van der Waals surface area contributed by atoms with Crippen LogP contribution in [-0.2, 0) is 4.79 Å². The van der Waals surface area contributed by atoms with Crippen molar-refractivity contribution in [1.82, 2.24) is 5.32 Å². The number of carbonyl (C=O) groups is 1. The van der Waals surface area contributed by atoms with Gasteiger partial charge in [0, 0.05) is 34.1 Å². The molecule has 18 heavy (non-hydrogen) atoms. The van der Waals surface area contributed by atoms with Crippen LogP contribution >= 0.6 is 46.0 Å². The average Bonchev–Trinajstić information content (AvgIpc) is 2.35. The fraction of sp³-hybridized carbons (Fsp3) is 0.417. The first-order valence-corrected chi connectivity index (χ1v) is 8.32. The van der Waals surface area contributed by atoms with Crippen molar-refractivity contribution in [3.8, 4) is 0 Å². The molecular weight excluding hydrogens is 383 g/mol. The Balaban J connectivity index is 1.92. The summed E-state index contributed by atoms with van der Waals surface area (Å²) in [4.78, 5) is 11.9. The number of nitrogens with one attached hydrogen (secondary N) is 2. The van der Waals surface area contributed by atoms with E-state index in [0.717, 1.165) is 21.6 Å². The molecule has 0 radical (unpaired) electrons. The predicted molar refractivity (Wildman–Crippen MR) is 86.5 cm³/mol. The second kappa shape index (κ2) is 6.98. The van der Waals surface area contributed by atoms with Gasteiger partial charge in [-0.2, -0.15) is 11.8 Å². The number of hydrogen-bond acceptors (Lipinski definition) is 3. The van der Waals surface area contributed by atoms with Gasteiger partial charge in [-0.25, -0.2) is 0 Å². The maximum Gasteiger partial charge on any atom is 0.226 e. The van der Waals surface area contributed by atoms with E-state index in [1.54, 1.807) is 6.07 Å². The lowest BCUT2D eigenvalue weighted by atomic mass is 10.2. The van der Waals surface area contributed by atoms with Crippen LogP contribution in [0.15, 0.2) is 18.2 Å². The summed E-state index contributed by atoms with van der Waals surface area (Å²) in [5, 5.41) is 6.80. The number of rotatable bonds is 3.